The van der Waals surface area contributed by atoms with E-state index in [9.17, 15) is 9.59 Å². The van der Waals surface area contributed by atoms with Crippen molar-refractivity contribution in [2.75, 3.05) is 6.54 Å². The van der Waals surface area contributed by atoms with E-state index in [1.165, 1.54) is 0 Å². The molecule has 0 aliphatic heterocycles. The molecular formula is C14H19BrN2O3. The van der Waals surface area contributed by atoms with Crippen LogP contribution in [-0.2, 0) is 4.79 Å². The summed E-state index contributed by atoms with van der Waals surface area (Å²) in [6, 6.07) is 5.09. The molecule has 0 saturated carbocycles. The van der Waals surface area contributed by atoms with E-state index in [-0.39, 0.29) is 18.2 Å². The van der Waals surface area contributed by atoms with Crippen molar-refractivity contribution in [3.8, 4) is 0 Å². The fourth-order valence-electron chi connectivity index (χ4n) is 2.01. The monoisotopic (exact) mass is 342 g/mol. The van der Waals surface area contributed by atoms with E-state index in [0.29, 0.717) is 22.8 Å². The smallest absolute Gasteiger partial charge is 0.303 e. The summed E-state index contributed by atoms with van der Waals surface area (Å²) in [7, 11) is 0. The number of aliphatic carboxylic acids is 1. The number of nitrogens with one attached hydrogen (secondary N) is 1. The summed E-state index contributed by atoms with van der Waals surface area (Å²) in [5.41, 5.74) is 0.318. The van der Waals surface area contributed by atoms with E-state index < -0.39 is 5.97 Å². The van der Waals surface area contributed by atoms with Gasteiger partial charge in [-0.2, -0.15) is 0 Å². The van der Waals surface area contributed by atoms with Gasteiger partial charge in [0.25, 0.3) is 5.91 Å². The third kappa shape index (κ3) is 6.14. The van der Waals surface area contributed by atoms with Crippen LogP contribution in [0, 0.1) is 11.8 Å². The number of rotatable bonds is 7. The van der Waals surface area contributed by atoms with Gasteiger partial charge in [0.2, 0.25) is 0 Å². The zero-order chi connectivity index (χ0) is 15.1. The first-order valence-corrected chi connectivity index (χ1v) is 7.30. The minimum atomic E-state index is -0.842. The molecule has 0 bridgehead atoms. The number of pyridine rings is 1. The average Bonchev–Trinajstić information content (AvgIpc) is 2.34. The Labute approximate surface area is 126 Å². The molecule has 5 nitrogen and oxygen atoms in total. The molecule has 0 aromatic carbocycles. The zero-order valence-electron chi connectivity index (χ0n) is 11.6. The van der Waals surface area contributed by atoms with Gasteiger partial charge < -0.3 is 10.4 Å². The maximum absolute atomic E-state index is 11.9. The number of carboxylic acids is 1. The van der Waals surface area contributed by atoms with Crippen molar-refractivity contribution in [1.82, 2.24) is 10.3 Å². The first-order chi connectivity index (χ1) is 9.38. The van der Waals surface area contributed by atoms with Crippen molar-refractivity contribution in [2.45, 2.75) is 26.7 Å². The van der Waals surface area contributed by atoms with Crippen molar-refractivity contribution < 1.29 is 14.7 Å². The third-order valence-corrected chi connectivity index (χ3v) is 3.21. The molecule has 0 radical (unpaired) electrons. The number of halogens is 1. The van der Waals surface area contributed by atoms with Crippen molar-refractivity contribution >= 4 is 27.8 Å². The standard InChI is InChI=1S/C14H19BrN2O3/c1-9(2)6-10(7-13(18)19)8-16-14(20)11-4-3-5-12(15)17-11/h3-5,9-10H,6-8H2,1-2H3,(H,16,20)(H,18,19)/t10-/m0/s1. The lowest BCUT2D eigenvalue weighted by Crippen LogP contribution is -2.31. The average molecular weight is 343 g/mol. The molecule has 0 fully saturated rings. The number of carboxylic acid groups (broad SMARTS) is 1. The maximum atomic E-state index is 11.9. The fourth-order valence-corrected chi connectivity index (χ4v) is 2.36. The molecule has 1 aromatic heterocycles. The Morgan fingerprint density at radius 1 is 1.40 bits per heavy atom. The van der Waals surface area contributed by atoms with Gasteiger partial charge in [-0.05, 0) is 46.3 Å². The lowest BCUT2D eigenvalue weighted by molar-refractivity contribution is -0.138. The molecule has 1 aromatic rings. The van der Waals surface area contributed by atoms with E-state index in [1.54, 1.807) is 18.2 Å². The van der Waals surface area contributed by atoms with E-state index >= 15 is 0 Å². The van der Waals surface area contributed by atoms with Gasteiger partial charge in [0.1, 0.15) is 10.3 Å². The van der Waals surface area contributed by atoms with Crippen LogP contribution >= 0.6 is 15.9 Å². The van der Waals surface area contributed by atoms with Gasteiger partial charge in [0, 0.05) is 13.0 Å². The largest absolute Gasteiger partial charge is 0.481 e. The second-order valence-electron chi connectivity index (χ2n) is 5.15. The SMILES string of the molecule is CC(C)C[C@H](CNC(=O)c1cccc(Br)n1)CC(=O)O. The van der Waals surface area contributed by atoms with Crippen LogP contribution in [-0.4, -0.2) is 28.5 Å². The first kappa shape index (κ1) is 16.6. The van der Waals surface area contributed by atoms with Crippen LogP contribution in [0.2, 0.25) is 0 Å². The lowest BCUT2D eigenvalue weighted by atomic mass is 9.94. The van der Waals surface area contributed by atoms with Crippen LogP contribution in [0.25, 0.3) is 0 Å². The van der Waals surface area contributed by atoms with Crippen LogP contribution in [0.1, 0.15) is 37.2 Å². The normalized spacial score (nSPS) is 12.2. The molecule has 1 amide bonds. The molecule has 0 spiro atoms. The van der Waals surface area contributed by atoms with Crippen molar-refractivity contribution in [2.24, 2.45) is 11.8 Å². The minimum absolute atomic E-state index is 0.0599. The molecule has 0 saturated heterocycles. The van der Waals surface area contributed by atoms with Gasteiger partial charge in [0.15, 0.2) is 0 Å². The lowest BCUT2D eigenvalue weighted by Gasteiger charge is -2.17. The molecule has 1 rings (SSSR count). The van der Waals surface area contributed by atoms with Gasteiger partial charge >= 0.3 is 5.97 Å². The summed E-state index contributed by atoms with van der Waals surface area (Å²) in [4.78, 5) is 26.8. The van der Waals surface area contributed by atoms with Gasteiger partial charge in [-0.25, -0.2) is 4.98 Å². The molecule has 0 aliphatic carbocycles. The van der Waals surface area contributed by atoms with Crippen LogP contribution in [0.4, 0.5) is 0 Å². The van der Waals surface area contributed by atoms with Gasteiger partial charge in [0.05, 0.1) is 0 Å². The fraction of sp³-hybridized carbons (Fsp3) is 0.500. The number of carbonyl (C=O) groups excluding carboxylic acids is 1. The topological polar surface area (TPSA) is 79.3 Å². The zero-order valence-corrected chi connectivity index (χ0v) is 13.2. The highest BCUT2D eigenvalue weighted by Gasteiger charge is 2.17. The summed E-state index contributed by atoms with van der Waals surface area (Å²) in [5, 5.41) is 11.6. The van der Waals surface area contributed by atoms with Gasteiger partial charge in [-0.3, -0.25) is 9.59 Å². The Balaban J connectivity index is 2.57. The molecule has 1 atom stereocenters. The minimum Gasteiger partial charge on any atom is -0.481 e. The summed E-state index contributed by atoms with van der Waals surface area (Å²) in [6.07, 6.45) is 0.822. The Morgan fingerprint density at radius 3 is 2.65 bits per heavy atom. The molecule has 1 heterocycles. The van der Waals surface area contributed by atoms with E-state index in [2.05, 4.69) is 26.2 Å². The van der Waals surface area contributed by atoms with Crippen molar-refractivity contribution in [3.05, 3.63) is 28.5 Å². The Hall–Kier alpha value is -1.43. The van der Waals surface area contributed by atoms with Crippen LogP contribution < -0.4 is 5.32 Å². The van der Waals surface area contributed by atoms with Crippen LogP contribution in [0.5, 0.6) is 0 Å². The van der Waals surface area contributed by atoms with Gasteiger partial charge in [-0.15, -0.1) is 0 Å². The van der Waals surface area contributed by atoms with Crippen molar-refractivity contribution in [1.29, 1.82) is 0 Å². The molecule has 0 unspecified atom stereocenters. The number of aromatic nitrogens is 1. The number of carbonyl (C=O) groups is 2. The predicted octanol–water partition coefficient (Wildman–Crippen LogP) is 2.71. The van der Waals surface area contributed by atoms with E-state index in [4.69, 9.17) is 5.11 Å². The summed E-state index contributed by atoms with van der Waals surface area (Å²) in [6.45, 7) is 4.41. The van der Waals surface area contributed by atoms with E-state index in [1.807, 2.05) is 13.8 Å². The molecular weight excluding hydrogens is 324 g/mol. The van der Waals surface area contributed by atoms with Crippen LogP contribution in [0.3, 0.4) is 0 Å². The summed E-state index contributed by atoms with van der Waals surface area (Å²) in [5.74, 6) is -0.806. The Bertz CT molecular complexity index is 477. The second-order valence-corrected chi connectivity index (χ2v) is 5.96. The molecule has 0 aliphatic rings. The Kier molecular flexibility index (Phi) is 6.64. The molecule has 6 heteroatoms. The first-order valence-electron chi connectivity index (χ1n) is 6.51. The quantitative estimate of drug-likeness (QED) is 0.746. The van der Waals surface area contributed by atoms with E-state index in [0.717, 1.165) is 6.42 Å². The number of hydrogen-bond donors (Lipinski definition) is 2. The second kappa shape index (κ2) is 7.99. The predicted molar refractivity (Wildman–Crippen MR) is 79.5 cm³/mol. The highest BCUT2D eigenvalue weighted by Crippen LogP contribution is 2.15. The molecule has 110 valence electrons. The van der Waals surface area contributed by atoms with Gasteiger partial charge in [-0.1, -0.05) is 19.9 Å². The highest BCUT2D eigenvalue weighted by atomic mass is 79.9. The third-order valence-electron chi connectivity index (χ3n) is 2.77. The van der Waals surface area contributed by atoms with Crippen molar-refractivity contribution in [3.63, 3.8) is 0 Å². The van der Waals surface area contributed by atoms with Crippen LogP contribution in [0.15, 0.2) is 22.8 Å². The number of amides is 1. The Morgan fingerprint density at radius 2 is 2.10 bits per heavy atom. The number of hydrogen-bond acceptors (Lipinski definition) is 3. The molecule has 2 N–H and O–H groups in total. The highest BCUT2D eigenvalue weighted by molar-refractivity contribution is 9.10. The summed E-state index contributed by atoms with van der Waals surface area (Å²) >= 11 is 3.21. The number of nitrogens with zero attached hydrogens (tertiary/aromatic N) is 1. The summed E-state index contributed by atoms with van der Waals surface area (Å²) < 4.78 is 0.592. The molecule has 20 heavy (non-hydrogen) atoms. The maximum Gasteiger partial charge on any atom is 0.303 e.